The number of hydrogen-bond acceptors (Lipinski definition) is 3. The van der Waals surface area contributed by atoms with E-state index in [1.54, 1.807) is 43.1 Å². The van der Waals surface area contributed by atoms with Crippen molar-refractivity contribution in [1.29, 1.82) is 0 Å². The van der Waals surface area contributed by atoms with E-state index in [0.717, 1.165) is 21.8 Å². The molecule has 2 nitrogen and oxygen atoms in total. The van der Waals surface area contributed by atoms with Crippen molar-refractivity contribution in [3.05, 3.63) is 94.0 Å². The van der Waals surface area contributed by atoms with Gasteiger partial charge in [-0.2, -0.15) is 0 Å². The molecular formula is C21H18Cl2O2S. The molecule has 0 unspecified atom stereocenters. The molecule has 0 aliphatic heterocycles. The third-order valence-electron chi connectivity index (χ3n) is 4.15. The molecule has 0 aliphatic carbocycles. The highest BCUT2D eigenvalue weighted by Crippen LogP contribution is 2.36. The van der Waals surface area contributed by atoms with E-state index in [9.17, 15) is 5.11 Å². The van der Waals surface area contributed by atoms with Gasteiger partial charge in [0.15, 0.2) is 0 Å². The van der Waals surface area contributed by atoms with Crippen molar-refractivity contribution >= 4 is 35.0 Å². The maximum atomic E-state index is 11.6. The first-order valence-corrected chi connectivity index (χ1v) is 9.77. The summed E-state index contributed by atoms with van der Waals surface area (Å²) in [7, 11) is 1.64. The molecule has 0 fully saturated rings. The zero-order valence-corrected chi connectivity index (χ0v) is 16.5. The molecule has 134 valence electrons. The van der Waals surface area contributed by atoms with Gasteiger partial charge in [-0.3, -0.25) is 0 Å². The predicted octanol–water partition coefficient (Wildman–Crippen LogP) is 6.03. The summed E-state index contributed by atoms with van der Waals surface area (Å²) < 4.78 is 5.19. The van der Waals surface area contributed by atoms with Gasteiger partial charge in [0.05, 0.1) is 7.11 Å². The first-order chi connectivity index (χ1) is 12.5. The zero-order chi connectivity index (χ0) is 18.6. The number of halogens is 2. The maximum absolute atomic E-state index is 11.6. The minimum absolute atomic E-state index is 0.447. The minimum Gasteiger partial charge on any atom is -0.497 e. The molecule has 0 aliphatic rings. The second-order valence-corrected chi connectivity index (χ2v) is 7.76. The summed E-state index contributed by atoms with van der Waals surface area (Å²) in [6.45, 7) is 0. The molecule has 0 spiro atoms. The lowest BCUT2D eigenvalue weighted by molar-refractivity contribution is 0.107. The Labute approximate surface area is 167 Å². The van der Waals surface area contributed by atoms with Gasteiger partial charge in [0.1, 0.15) is 11.4 Å². The molecule has 3 aromatic rings. The lowest BCUT2D eigenvalue weighted by Gasteiger charge is -2.29. The van der Waals surface area contributed by atoms with Crippen molar-refractivity contribution in [2.24, 2.45) is 0 Å². The van der Waals surface area contributed by atoms with E-state index >= 15 is 0 Å². The highest BCUT2D eigenvalue weighted by Gasteiger charge is 2.31. The summed E-state index contributed by atoms with van der Waals surface area (Å²) in [4.78, 5) is 1.05. The molecule has 0 amide bonds. The SMILES string of the molecule is COc1ccc(SCC(O)(c2ccc(Cl)cc2)c2ccc(Cl)cc2)cc1. The Morgan fingerprint density at radius 2 is 1.27 bits per heavy atom. The number of aliphatic hydroxyl groups is 1. The highest BCUT2D eigenvalue weighted by molar-refractivity contribution is 7.99. The van der Waals surface area contributed by atoms with Gasteiger partial charge >= 0.3 is 0 Å². The second-order valence-electron chi connectivity index (χ2n) is 5.84. The normalized spacial score (nSPS) is 11.4. The highest BCUT2D eigenvalue weighted by atomic mass is 35.5. The van der Waals surface area contributed by atoms with Gasteiger partial charge in [0.2, 0.25) is 0 Å². The first kappa shape index (κ1) is 19.1. The zero-order valence-electron chi connectivity index (χ0n) is 14.2. The van der Waals surface area contributed by atoms with Gasteiger partial charge in [-0.25, -0.2) is 0 Å². The average molecular weight is 405 g/mol. The average Bonchev–Trinajstić information content (AvgIpc) is 2.67. The van der Waals surface area contributed by atoms with Crippen LogP contribution in [0.3, 0.4) is 0 Å². The van der Waals surface area contributed by atoms with E-state index in [-0.39, 0.29) is 0 Å². The monoisotopic (exact) mass is 404 g/mol. The van der Waals surface area contributed by atoms with Crippen molar-refractivity contribution in [1.82, 2.24) is 0 Å². The second kappa shape index (κ2) is 8.36. The van der Waals surface area contributed by atoms with Crippen LogP contribution in [0.1, 0.15) is 11.1 Å². The largest absolute Gasteiger partial charge is 0.497 e. The number of methoxy groups -OCH3 is 1. The van der Waals surface area contributed by atoms with E-state index in [2.05, 4.69) is 0 Å². The molecule has 0 bridgehead atoms. The summed E-state index contributed by atoms with van der Waals surface area (Å²) in [5.74, 6) is 1.25. The minimum atomic E-state index is -1.17. The van der Waals surface area contributed by atoms with E-state index < -0.39 is 5.60 Å². The molecule has 0 aromatic heterocycles. The Kier molecular flexibility index (Phi) is 6.15. The van der Waals surface area contributed by atoms with Crippen molar-refractivity contribution in [3.8, 4) is 5.75 Å². The quantitative estimate of drug-likeness (QED) is 0.508. The topological polar surface area (TPSA) is 29.5 Å². The summed E-state index contributed by atoms with van der Waals surface area (Å²) in [5, 5.41) is 12.8. The Hall–Kier alpha value is -1.65. The van der Waals surface area contributed by atoms with Crippen LogP contribution in [0, 0.1) is 0 Å². The van der Waals surface area contributed by atoms with Crippen LogP contribution in [-0.2, 0) is 5.60 Å². The fraction of sp³-hybridized carbons (Fsp3) is 0.143. The molecule has 1 N–H and O–H groups in total. The van der Waals surface area contributed by atoms with Gasteiger partial charge in [0.25, 0.3) is 0 Å². The number of hydrogen-bond donors (Lipinski definition) is 1. The molecule has 3 aromatic carbocycles. The predicted molar refractivity (Wildman–Crippen MR) is 110 cm³/mol. The maximum Gasteiger partial charge on any atom is 0.124 e. The molecule has 0 saturated heterocycles. The number of benzene rings is 3. The molecule has 0 radical (unpaired) electrons. The lowest BCUT2D eigenvalue weighted by Crippen LogP contribution is -2.30. The van der Waals surface area contributed by atoms with Crippen LogP contribution in [0.5, 0.6) is 5.75 Å². The van der Waals surface area contributed by atoms with E-state index in [4.69, 9.17) is 27.9 Å². The molecule has 0 heterocycles. The van der Waals surface area contributed by atoms with Gasteiger partial charge in [-0.15, -0.1) is 11.8 Å². The summed E-state index contributed by atoms with van der Waals surface area (Å²) in [5.41, 5.74) is 0.398. The number of thioether (sulfide) groups is 1. The van der Waals surface area contributed by atoms with Crippen LogP contribution < -0.4 is 4.74 Å². The van der Waals surface area contributed by atoms with Crippen molar-refractivity contribution in [3.63, 3.8) is 0 Å². The van der Waals surface area contributed by atoms with Crippen LogP contribution in [0.2, 0.25) is 10.0 Å². The Bertz CT molecular complexity index is 801. The summed E-state index contributed by atoms with van der Waals surface area (Å²) in [6, 6.07) is 22.3. The third kappa shape index (κ3) is 4.36. The van der Waals surface area contributed by atoms with Crippen LogP contribution in [0.15, 0.2) is 77.7 Å². The first-order valence-electron chi connectivity index (χ1n) is 8.02. The fourth-order valence-electron chi connectivity index (χ4n) is 2.64. The number of ether oxygens (including phenoxy) is 1. The van der Waals surface area contributed by atoms with Gasteiger partial charge < -0.3 is 9.84 Å². The van der Waals surface area contributed by atoms with Gasteiger partial charge in [-0.1, -0.05) is 47.5 Å². The van der Waals surface area contributed by atoms with Crippen molar-refractivity contribution in [2.75, 3.05) is 12.9 Å². The molecular weight excluding hydrogens is 387 g/mol. The van der Waals surface area contributed by atoms with E-state index in [1.807, 2.05) is 48.5 Å². The Morgan fingerprint density at radius 1 is 0.808 bits per heavy atom. The fourth-order valence-corrected chi connectivity index (χ4v) is 3.93. The smallest absolute Gasteiger partial charge is 0.124 e. The lowest BCUT2D eigenvalue weighted by atomic mass is 9.88. The molecule has 5 heteroatoms. The molecule has 26 heavy (non-hydrogen) atoms. The van der Waals surface area contributed by atoms with Gasteiger partial charge in [0, 0.05) is 20.7 Å². The third-order valence-corrected chi connectivity index (χ3v) is 5.82. The Morgan fingerprint density at radius 3 is 1.69 bits per heavy atom. The number of rotatable bonds is 6. The van der Waals surface area contributed by atoms with Crippen molar-refractivity contribution < 1.29 is 9.84 Å². The molecule has 0 atom stereocenters. The van der Waals surface area contributed by atoms with Crippen LogP contribution in [0.25, 0.3) is 0 Å². The molecule has 0 saturated carbocycles. The van der Waals surface area contributed by atoms with Crippen molar-refractivity contribution in [2.45, 2.75) is 10.5 Å². The standard InChI is InChI=1S/C21H18Cl2O2S/c1-25-19-10-12-20(13-11-19)26-14-21(24,15-2-6-17(22)7-3-15)16-4-8-18(23)9-5-16/h2-13,24H,14H2,1H3. The summed E-state index contributed by atoms with van der Waals surface area (Å²) in [6.07, 6.45) is 0. The van der Waals surface area contributed by atoms with Crippen LogP contribution in [0.4, 0.5) is 0 Å². The van der Waals surface area contributed by atoms with Gasteiger partial charge in [-0.05, 0) is 59.7 Å². The van der Waals surface area contributed by atoms with Crippen LogP contribution in [-0.4, -0.2) is 18.0 Å². The Balaban J connectivity index is 1.91. The van der Waals surface area contributed by atoms with E-state index in [0.29, 0.717) is 15.8 Å². The molecule has 3 rings (SSSR count). The van der Waals surface area contributed by atoms with E-state index in [1.165, 1.54) is 0 Å². The summed E-state index contributed by atoms with van der Waals surface area (Å²) >= 11 is 13.6. The van der Waals surface area contributed by atoms with Crippen LogP contribution >= 0.6 is 35.0 Å².